The second-order valence-corrected chi connectivity index (χ2v) is 5.77. The van der Waals surface area contributed by atoms with Crippen molar-refractivity contribution in [3.63, 3.8) is 0 Å². The normalized spacial score (nSPS) is 12.8. The first kappa shape index (κ1) is 16.4. The van der Waals surface area contributed by atoms with Gasteiger partial charge in [-0.25, -0.2) is 14.8 Å². The molecule has 20 heavy (non-hydrogen) atoms. The highest BCUT2D eigenvalue weighted by Crippen LogP contribution is 2.06. The maximum absolute atomic E-state index is 11.6. The number of carbonyl (C=O) groups is 1. The van der Waals surface area contributed by atoms with E-state index in [1.165, 1.54) is 0 Å². The van der Waals surface area contributed by atoms with Gasteiger partial charge in [0.25, 0.3) is 0 Å². The molecule has 0 fully saturated rings. The van der Waals surface area contributed by atoms with E-state index in [1.807, 2.05) is 40.7 Å². The van der Waals surface area contributed by atoms with Crippen LogP contribution in [0.2, 0.25) is 0 Å². The van der Waals surface area contributed by atoms with E-state index in [0.717, 1.165) is 11.5 Å². The van der Waals surface area contributed by atoms with Crippen molar-refractivity contribution < 1.29 is 9.53 Å². The summed E-state index contributed by atoms with van der Waals surface area (Å²) in [7, 11) is 0. The van der Waals surface area contributed by atoms with E-state index in [-0.39, 0.29) is 6.04 Å². The van der Waals surface area contributed by atoms with Gasteiger partial charge < -0.3 is 15.4 Å². The maximum atomic E-state index is 11.6. The van der Waals surface area contributed by atoms with Crippen molar-refractivity contribution in [2.75, 3.05) is 6.54 Å². The Morgan fingerprint density at radius 2 is 2.15 bits per heavy atom. The van der Waals surface area contributed by atoms with Crippen molar-refractivity contribution in [1.29, 1.82) is 0 Å². The number of alkyl carbamates (subject to hydrolysis) is 1. The van der Waals surface area contributed by atoms with Gasteiger partial charge in [0.1, 0.15) is 11.4 Å². The quantitative estimate of drug-likeness (QED) is 0.860. The molecular formula is C14H24N4O2. The molecule has 112 valence electrons. The molecule has 1 amide bonds. The molecule has 0 bridgehead atoms. The molecule has 1 aromatic heterocycles. The molecule has 0 spiro atoms. The Labute approximate surface area is 120 Å². The summed E-state index contributed by atoms with van der Waals surface area (Å²) in [6.45, 7) is 10.6. The van der Waals surface area contributed by atoms with Gasteiger partial charge in [0.2, 0.25) is 0 Å². The summed E-state index contributed by atoms with van der Waals surface area (Å²) >= 11 is 0. The maximum Gasteiger partial charge on any atom is 0.407 e. The zero-order valence-corrected chi connectivity index (χ0v) is 12.9. The monoisotopic (exact) mass is 280 g/mol. The van der Waals surface area contributed by atoms with E-state index in [1.54, 1.807) is 6.20 Å². The standard InChI is InChI=1S/C14H24N4O2/c1-10(17-13(19)20-14(3,4)5)8-15-9-12-6-7-16-11(2)18-12/h6-7,10,15H,8-9H2,1-5H3,(H,17,19). The van der Waals surface area contributed by atoms with E-state index < -0.39 is 11.7 Å². The van der Waals surface area contributed by atoms with Crippen LogP contribution < -0.4 is 10.6 Å². The Morgan fingerprint density at radius 1 is 1.45 bits per heavy atom. The minimum absolute atomic E-state index is 0.0206. The van der Waals surface area contributed by atoms with Crippen LogP contribution in [0.1, 0.15) is 39.2 Å². The Hall–Kier alpha value is -1.69. The molecule has 6 heteroatoms. The lowest BCUT2D eigenvalue weighted by Gasteiger charge is -2.22. The lowest BCUT2D eigenvalue weighted by Crippen LogP contribution is -2.42. The van der Waals surface area contributed by atoms with Crippen LogP contribution in [-0.4, -0.2) is 34.2 Å². The van der Waals surface area contributed by atoms with Crippen LogP contribution in [0.3, 0.4) is 0 Å². The SMILES string of the molecule is Cc1nccc(CNCC(C)NC(=O)OC(C)(C)C)n1. The van der Waals surface area contributed by atoms with Gasteiger partial charge in [-0.05, 0) is 40.7 Å². The lowest BCUT2D eigenvalue weighted by molar-refractivity contribution is 0.0508. The number of nitrogens with zero attached hydrogens (tertiary/aromatic N) is 2. The second kappa shape index (κ2) is 7.19. The van der Waals surface area contributed by atoms with Gasteiger partial charge in [0.15, 0.2) is 0 Å². The number of amides is 1. The van der Waals surface area contributed by atoms with Crippen molar-refractivity contribution in [1.82, 2.24) is 20.6 Å². The molecule has 0 saturated heterocycles. The van der Waals surface area contributed by atoms with E-state index >= 15 is 0 Å². The summed E-state index contributed by atoms with van der Waals surface area (Å²) in [5, 5.41) is 6.01. The van der Waals surface area contributed by atoms with E-state index in [2.05, 4.69) is 20.6 Å². The van der Waals surface area contributed by atoms with E-state index in [4.69, 9.17) is 4.74 Å². The van der Waals surface area contributed by atoms with Gasteiger partial charge in [-0.1, -0.05) is 0 Å². The lowest BCUT2D eigenvalue weighted by atomic mass is 10.2. The highest BCUT2D eigenvalue weighted by Gasteiger charge is 2.17. The van der Waals surface area contributed by atoms with Gasteiger partial charge in [0, 0.05) is 25.3 Å². The first-order valence-electron chi connectivity index (χ1n) is 6.75. The summed E-state index contributed by atoms with van der Waals surface area (Å²) in [5.41, 5.74) is 0.456. The third kappa shape index (κ3) is 7.04. The van der Waals surface area contributed by atoms with Crippen LogP contribution in [0, 0.1) is 6.92 Å². The molecule has 1 aromatic rings. The molecule has 0 aliphatic carbocycles. The first-order chi connectivity index (χ1) is 9.26. The fraction of sp³-hybridized carbons (Fsp3) is 0.643. The van der Waals surface area contributed by atoms with Crippen molar-refractivity contribution in [2.45, 2.75) is 52.8 Å². The molecule has 2 N–H and O–H groups in total. The third-order valence-electron chi connectivity index (χ3n) is 2.35. The van der Waals surface area contributed by atoms with Crippen LogP contribution in [0.5, 0.6) is 0 Å². The topological polar surface area (TPSA) is 76.1 Å². The number of carbonyl (C=O) groups excluding carboxylic acids is 1. The fourth-order valence-electron chi connectivity index (χ4n) is 1.58. The van der Waals surface area contributed by atoms with Crippen molar-refractivity contribution in [3.05, 3.63) is 23.8 Å². The number of rotatable bonds is 5. The number of hydrogen-bond donors (Lipinski definition) is 2. The number of aryl methyl sites for hydroxylation is 1. The van der Waals surface area contributed by atoms with Gasteiger partial charge in [-0.2, -0.15) is 0 Å². The van der Waals surface area contributed by atoms with Crippen LogP contribution >= 0.6 is 0 Å². The average Bonchev–Trinajstić information content (AvgIpc) is 2.25. The highest BCUT2D eigenvalue weighted by molar-refractivity contribution is 5.68. The van der Waals surface area contributed by atoms with Gasteiger partial charge in [-0.15, -0.1) is 0 Å². The zero-order chi connectivity index (χ0) is 15.2. The summed E-state index contributed by atoms with van der Waals surface area (Å²) in [6.07, 6.45) is 1.34. The van der Waals surface area contributed by atoms with Crippen LogP contribution in [-0.2, 0) is 11.3 Å². The smallest absolute Gasteiger partial charge is 0.407 e. The molecule has 0 aliphatic heterocycles. The summed E-state index contributed by atoms with van der Waals surface area (Å²) in [6, 6.07) is 1.85. The average molecular weight is 280 g/mol. The number of ether oxygens (including phenoxy) is 1. The largest absolute Gasteiger partial charge is 0.444 e. The molecule has 1 rings (SSSR count). The molecule has 6 nitrogen and oxygen atoms in total. The summed E-state index contributed by atoms with van der Waals surface area (Å²) in [5.74, 6) is 0.754. The van der Waals surface area contributed by atoms with Crippen molar-refractivity contribution >= 4 is 6.09 Å². The minimum Gasteiger partial charge on any atom is -0.444 e. The van der Waals surface area contributed by atoms with Gasteiger partial charge in [0.05, 0.1) is 5.69 Å². The zero-order valence-electron chi connectivity index (χ0n) is 12.9. The molecule has 1 unspecified atom stereocenters. The summed E-state index contributed by atoms with van der Waals surface area (Å²) < 4.78 is 5.19. The van der Waals surface area contributed by atoms with E-state index in [9.17, 15) is 4.79 Å². The van der Waals surface area contributed by atoms with E-state index in [0.29, 0.717) is 13.1 Å². The fourth-order valence-corrected chi connectivity index (χ4v) is 1.58. The van der Waals surface area contributed by atoms with Crippen LogP contribution in [0.4, 0.5) is 4.79 Å². The predicted molar refractivity (Wildman–Crippen MR) is 77.3 cm³/mol. The minimum atomic E-state index is -0.476. The Balaban J connectivity index is 2.26. The third-order valence-corrected chi connectivity index (χ3v) is 2.35. The van der Waals surface area contributed by atoms with Gasteiger partial charge >= 0.3 is 6.09 Å². The molecule has 1 atom stereocenters. The number of aromatic nitrogens is 2. The number of hydrogen-bond acceptors (Lipinski definition) is 5. The van der Waals surface area contributed by atoms with Crippen LogP contribution in [0.25, 0.3) is 0 Å². The Morgan fingerprint density at radius 3 is 2.75 bits per heavy atom. The van der Waals surface area contributed by atoms with Crippen molar-refractivity contribution in [2.24, 2.45) is 0 Å². The Bertz CT molecular complexity index is 443. The predicted octanol–water partition coefficient (Wildman–Crippen LogP) is 1.79. The van der Waals surface area contributed by atoms with Gasteiger partial charge in [-0.3, -0.25) is 0 Å². The molecule has 0 saturated carbocycles. The van der Waals surface area contributed by atoms with Crippen molar-refractivity contribution in [3.8, 4) is 0 Å². The molecule has 0 aliphatic rings. The summed E-state index contributed by atoms with van der Waals surface area (Å²) in [4.78, 5) is 19.9. The first-order valence-corrected chi connectivity index (χ1v) is 6.75. The molecule has 0 aromatic carbocycles. The second-order valence-electron chi connectivity index (χ2n) is 5.77. The molecule has 1 heterocycles. The molecule has 0 radical (unpaired) electrons. The number of nitrogens with one attached hydrogen (secondary N) is 2. The van der Waals surface area contributed by atoms with Crippen LogP contribution in [0.15, 0.2) is 12.3 Å². The molecular weight excluding hydrogens is 256 g/mol. The Kier molecular flexibility index (Phi) is 5.88. The highest BCUT2D eigenvalue weighted by atomic mass is 16.6.